The second-order valence-electron chi connectivity index (χ2n) is 3.89. The van der Waals surface area contributed by atoms with E-state index in [1.807, 2.05) is 24.8 Å². The van der Waals surface area contributed by atoms with Crippen LogP contribution in [-0.4, -0.2) is 19.4 Å². The number of hydrogen-bond donors (Lipinski definition) is 0. The summed E-state index contributed by atoms with van der Waals surface area (Å²) >= 11 is 5.85. The number of anilines is 1. The van der Waals surface area contributed by atoms with Crippen molar-refractivity contribution in [3.63, 3.8) is 0 Å². The van der Waals surface area contributed by atoms with Crippen LogP contribution in [0.5, 0.6) is 0 Å². The van der Waals surface area contributed by atoms with Crippen molar-refractivity contribution in [1.29, 1.82) is 5.26 Å². The molecule has 0 saturated heterocycles. The standard InChI is InChI=1S/C13H15ClN2O/c1-3-16(8-10(2)7-15)13-5-4-12(14)6-11(13)9-17/h4-6,9-10H,3,8H2,1-2H3. The average Bonchev–Trinajstić information content (AvgIpc) is 2.35. The molecule has 0 fully saturated rings. The molecule has 0 aliphatic carbocycles. The fourth-order valence-corrected chi connectivity index (χ4v) is 1.86. The van der Waals surface area contributed by atoms with Gasteiger partial charge in [0.25, 0.3) is 0 Å². The summed E-state index contributed by atoms with van der Waals surface area (Å²) in [6.07, 6.45) is 0.793. The summed E-state index contributed by atoms with van der Waals surface area (Å²) in [7, 11) is 0. The Hall–Kier alpha value is -1.53. The van der Waals surface area contributed by atoms with E-state index in [0.29, 0.717) is 17.1 Å². The number of aldehydes is 1. The van der Waals surface area contributed by atoms with Crippen molar-refractivity contribution in [2.75, 3.05) is 18.0 Å². The zero-order chi connectivity index (χ0) is 12.8. The van der Waals surface area contributed by atoms with Crippen LogP contribution in [0.15, 0.2) is 18.2 Å². The quantitative estimate of drug-likeness (QED) is 0.754. The molecule has 0 aromatic heterocycles. The van der Waals surface area contributed by atoms with Gasteiger partial charge in [0, 0.05) is 29.4 Å². The van der Waals surface area contributed by atoms with Gasteiger partial charge >= 0.3 is 0 Å². The lowest BCUT2D eigenvalue weighted by atomic mass is 10.1. The van der Waals surface area contributed by atoms with Crippen LogP contribution in [0, 0.1) is 17.2 Å². The first kappa shape index (κ1) is 13.5. The zero-order valence-electron chi connectivity index (χ0n) is 9.98. The lowest BCUT2D eigenvalue weighted by Gasteiger charge is -2.25. The Kier molecular flexibility index (Phi) is 4.99. The van der Waals surface area contributed by atoms with Crippen LogP contribution >= 0.6 is 11.6 Å². The van der Waals surface area contributed by atoms with E-state index >= 15 is 0 Å². The van der Waals surface area contributed by atoms with Gasteiger partial charge in [-0.2, -0.15) is 5.26 Å². The first-order valence-corrected chi connectivity index (χ1v) is 5.89. The average molecular weight is 251 g/mol. The number of carbonyl (C=O) groups excluding carboxylic acids is 1. The van der Waals surface area contributed by atoms with Crippen LogP contribution in [0.4, 0.5) is 5.69 Å². The number of carbonyl (C=O) groups is 1. The first-order valence-electron chi connectivity index (χ1n) is 5.51. The number of hydrogen-bond acceptors (Lipinski definition) is 3. The maximum absolute atomic E-state index is 11.0. The van der Waals surface area contributed by atoms with Gasteiger partial charge in [-0.05, 0) is 32.0 Å². The molecule has 0 spiro atoms. The summed E-state index contributed by atoms with van der Waals surface area (Å²) in [5, 5.41) is 9.37. The van der Waals surface area contributed by atoms with E-state index < -0.39 is 0 Å². The van der Waals surface area contributed by atoms with Gasteiger partial charge in [0.2, 0.25) is 0 Å². The van der Waals surface area contributed by atoms with E-state index in [0.717, 1.165) is 18.5 Å². The van der Waals surface area contributed by atoms with Crippen molar-refractivity contribution in [3.8, 4) is 6.07 Å². The molecule has 3 nitrogen and oxygen atoms in total. The number of nitriles is 1. The molecule has 0 aliphatic rings. The maximum atomic E-state index is 11.0. The Morgan fingerprint density at radius 3 is 2.82 bits per heavy atom. The zero-order valence-corrected chi connectivity index (χ0v) is 10.7. The molecule has 1 unspecified atom stereocenters. The lowest BCUT2D eigenvalue weighted by Crippen LogP contribution is -2.28. The van der Waals surface area contributed by atoms with E-state index in [2.05, 4.69) is 6.07 Å². The van der Waals surface area contributed by atoms with Crippen LogP contribution in [0.2, 0.25) is 5.02 Å². The van der Waals surface area contributed by atoms with E-state index in [1.165, 1.54) is 0 Å². The van der Waals surface area contributed by atoms with Gasteiger partial charge in [-0.25, -0.2) is 0 Å². The molecule has 0 saturated carbocycles. The predicted octanol–water partition coefficient (Wildman–Crippen LogP) is 3.14. The topological polar surface area (TPSA) is 44.1 Å². The third-order valence-electron chi connectivity index (χ3n) is 2.55. The number of nitrogens with zero attached hydrogens (tertiary/aromatic N) is 2. The molecule has 0 heterocycles. The molecule has 90 valence electrons. The summed E-state index contributed by atoms with van der Waals surface area (Å²) in [5.41, 5.74) is 1.39. The fraction of sp³-hybridized carbons (Fsp3) is 0.385. The largest absolute Gasteiger partial charge is 0.370 e. The summed E-state index contributed by atoms with van der Waals surface area (Å²) in [6.45, 7) is 5.20. The van der Waals surface area contributed by atoms with Crippen LogP contribution in [0.25, 0.3) is 0 Å². The van der Waals surface area contributed by atoms with Crippen LogP contribution < -0.4 is 4.90 Å². The molecule has 0 aliphatic heterocycles. The number of halogens is 1. The van der Waals surface area contributed by atoms with Gasteiger partial charge in [-0.15, -0.1) is 0 Å². The second-order valence-corrected chi connectivity index (χ2v) is 4.33. The molecule has 1 aromatic rings. The lowest BCUT2D eigenvalue weighted by molar-refractivity contribution is 0.112. The molecule has 0 radical (unpaired) electrons. The van der Waals surface area contributed by atoms with Crippen molar-refractivity contribution in [1.82, 2.24) is 0 Å². The molecule has 0 amide bonds. The highest BCUT2D eigenvalue weighted by Gasteiger charge is 2.12. The molecule has 0 bridgehead atoms. The molecule has 17 heavy (non-hydrogen) atoms. The molecular weight excluding hydrogens is 236 g/mol. The number of rotatable bonds is 5. The molecule has 1 rings (SSSR count). The minimum absolute atomic E-state index is 0.0786. The van der Waals surface area contributed by atoms with Crippen molar-refractivity contribution >= 4 is 23.6 Å². The predicted molar refractivity (Wildman–Crippen MR) is 69.5 cm³/mol. The summed E-state index contributed by atoms with van der Waals surface area (Å²) in [5.74, 6) is -0.0786. The van der Waals surface area contributed by atoms with Crippen molar-refractivity contribution < 1.29 is 4.79 Å². The third-order valence-corrected chi connectivity index (χ3v) is 2.79. The summed E-state index contributed by atoms with van der Waals surface area (Å²) in [6, 6.07) is 7.41. The van der Waals surface area contributed by atoms with Crippen LogP contribution in [-0.2, 0) is 0 Å². The highest BCUT2D eigenvalue weighted by molar-refractivity contribution is 6.31. The second kappa shape index (κ2) is 6.27. The molecule has 1 atom stereocenters. The highest BCUT2D eigenvalue weighted by atomic mass is 35.5. The van der Waals surface area contributed by atoms with Crippen molar-refractivity contribution in [2.45, 2.75) is 13.8 Å². The molecular formula is C13H15ClN2O. The van der Waals surface area contributed by atoms with E-state index in [9.17, 15) is 4.79 Å². The van der Waals surface area contributed by atoms with Crippen LogP contribution in [0.3, 0.4) is 0 Å². The normalized spacial score (nSPS) is 11.6. The highest BCUT2D eigenvalue weighted by Crippen LogP contribution is 2.23. The minimum Gasteiger partial charge on any atom is -0.370 e. The van der Waals surface area contributed by atoms with Gasteiger partial charge in [-0.1, -0.05) is 11.6 Å². The van der Waals surface area contributed by atoms with Crippen LogP contribution in [0.1, 0.15) is 24.2 Å². The Morgan fingerprint density at radius 1 is 1.59 bits per heavy atom. The van der Waals surface area contributed by atoms with Gasteiger partial charge < -0.3 is 4.90 Å². The van der Waals surface area contributed by atoms with Gasteiger partial charge in [0.1, 0.15) is 0 Å². The smallest absolute Gasteiger partial charge is 0.152 e. The van der Waals surface area contributed by atoms with E-state index in [-0.39, 0.29) is 5.92 Å². The van der Waals surface area contributed by atoms with Gasteiger partial charge in [-0.3, -0.25) is 4.79 Å². The SMILES string of the molecule is CCN(CC(C)C#N)c1ccc(Cl)cc1C=O. The monoisotopic (exact) mass is 250 g/mol. The third kappa shape index (κ3) is 3.47. The fourth-order valence-electron chi connectivity index (χ4n) is 1.68. The van der Waals surface area contributed by atoms with E-state index in [4.69, 9.17) is 16.9 Å². The molecule has 1 aromatic carbocycles. The summed E-state index contributed by atoms with van der Waals surface area (Å²) in [4.78, 5) is 13.0. The van der Waals surface area contributed by atoms with Gasteiger partial charge in [0.05, 0.1) is 12.0 Å². The summed E-state index contributed by atoms with van der Waals surface area (Å²) < 4.78 is 0. The Bertz CT molecular complexity index is 440. The minimum atomic E-state index is -0.0786. The van der Waals surface area contributed by atoms with Crippen molar-refractivity contribution in [2.24, 2.45) is 5.92 Å². The molecule has 0 N–H and O–H groups in total. The maximum Gasteiger partial charge on any atom is 0.152 e. The Labute approximate surface area is 107 Å². The van der Waals surface area contributed by atoms with Crippen molar-refractivity contribution in [3.05, 3.63) is 28.8 Å². The van der Waals surface area contributed by atoms with E-state index in [1.54, 1.807) is 12.1 Å². The Balaban J connectivity index is 3.03. The molecule has 4 heteroatoms. The Morgan fingerprint density at radius 2 is 2.29 bits per heavy atom. The number of benzene rings is 1. The first-order chi connectivity index (χ1) is 8.12. The van der Waals surface area contributed by atoms with Gasteiger partial charge in [0.15, 0.2) is 6.29 Å².